The topological polar surface area (TPSA) is 233 Å². The predicted molar refractivity (Wildman–Crippen MR) is 195 cm³/mol. The first-order valence-electron chi connectivity index (χ1n) is 17.0. The zero-order valence-electron chi connectivity index (χ0n) is 29.0. The summed E-state index contributed by atoms with van der Waals surface area (Å²) in [6.07, 6.45) is 2.92. The number of aliphatic carboxylic acids is 2. The van der Waals surface area contributed by atoms with E-state index in [2.05, 4.69) is 10.1 Å². The molecule has 4 aliphatic heterocycles. The number of thiazole rings is 1. The number of quaternary nitrogens is 1. The van der Waals surface area contributed by atoms with Gasteiger partial charge in [-0.25, -0.2) is 14.6 Å². The first kappa shape index (κ1) is 38.3. The lowest BCUT2D eigenvalue weighted by molar-refractivity contribution is -0.937. The van der Waals surface area contributed by atoms with Crippen LogP contribution in [0.4, 0.5) is 5.13 Å². The number of aromatic hydroxyl groups is 2. The highest BCUT2D eigenvalue weighted by Crippen LogP contribution is 2.47. The zero-order chi connectivity index (χ0) is 38.4. The van der Waals surface area contributed by atoms with E-state index in [9.17, 15) is 44.4 Å². The molecule has 5 heterocycles. The Morgan fingerprint density at radius 2 is 1.81 bits per heavy atom. The number of amides is 2. The summed E-state index contributed by atoms with van der Waals surface area (Å²) in [5.74, 6) is -5.48. The van der Waals surface area contributed by atoms with E-state index in [0.717, 1.165) is 37.3 Å². The van der Waals surface area contributed by atoms with Gasteiger partial charge in [-0.05, 0) is 26.0 Å². The summed E-state index contributed by atoms with van der Waals surface area (Å²) in [5, 5.41) is 44.3. The van der Waals surface area contributed by atoms with E-state index in [1.807, 2.05) is 0 Å². The molecule has 3 saturated heterocycles. The minimum atomic E-state index is -1.76. The number of aromatic nitrogens is 1. The van der Waals surface area contributed by atoms with E-state index in [0.29, 0.717) is 48.3 Å². The fourth-order valence-electron chi connectivity index (χ4n) is 7.58. The van der Waals surface area contributed by atoms with Gasteiger partial charge in [0, 0.05) is 61.9 Å². The molecule has 0 unspecified atom stereocenters. The Kier molecular flexibility index (Phi) is 10.7. The van der Waals surface area contributed by atoms with Crippen LogP contribution in [-0.4, -0.2) is 130 Å². The number of carbonyl (C=O) groups is 5. The standard InChI is InChI=1S/C34H39ClN6O10S2/c1-34(2,32(49)50)51-38-25(21-16-53-33(36)37-21)23(43)13-20-29(46)40-26(31(47)48)17(15-52-30(20)40)14-41(11-3-4-12-41)18-7-9-39(10-8-18)28(45)19-5-6-22(42)27(44)24(19)35/h5-6,16,18,20,30H,3-4,7-15H2,1-2H3,(H5-,36,37,38,42,43,44,45,47,48,49,50)/p+1/t20-,30-/m1/s1. The van der Waals surface area contributed by atoms with Crippen molar-refractivity contribution in [2.45, 2.75) is 63.0 Å². The molecule has 19 heteroatoms. The number of ketones is 1. The van der Waals surface area contributed by atoms with Gasteiger partial charge in [0.2, 0.25) is 11.5 Å². The molecule has 2 amide bonds. The van der Waals surface area contributed by atoms with E-state index < -0.39 is 52.0 Å². The first-order valence-corrected chi connectivity index (χ1v) is 19.3. The van der Waals surface area contributed by atoms with Crippen molar-refractivity contribution in [1.29, 1.82) is 0 Å². The van der Waals surface area contributed by atoms with Crippen LogP contribution in [0.2, 0.25) is 5.02 Å². The summed E-state index contributed by atoms with van der Waals surface area (Å²) in [6, 6.07) is 2.74. The summed E-state index contributed by atoms with van der Waals surface area (Å²) in [5.41, 5.74) is 4.48. The number of nitrogens with two attached hydrogens (primary N) is 1. The molecule has 4 aliphatic rings. The SMILES string of the molecule is CC(C)(O/N=C(\C(=O)C[C@@H]1C(=O)N2C(C(=O)O)=C(C[N+]3(C4CCN(C(=O)c5ccc(O)c(O)c5Cl)CC4)CCCC3)CS[C@H]12)c1csc(N)n1)C(=O)O. The summed E-state index contributed by atoms with van der Waals surface area (Å²) in [7, 11) is 0. The van der Waals surface area contributed by atoms with E-state index in [1.165, 1.54) is 48.0 Å². The number of Topliss-reactive ketones (excluding diaryl/α,β-unsaturated/α-hetero) is 1. The molecule has 6 N–H and O–H groups in total. The molecule has 16 nitrogen and oxygen atoms in total. The third-order valence-electron chi connectivity index (χ3n) is 10.5. The largest absolute Gasteiger partial charge is 0.504 e. The molecule has 0 saturated carbocycles. The summed E-state index contributed by atoms with van der Waals surface area (Å²) < 4.78 is 0.646. The maximum Gasteiger partial charge on any atom is 0.352 e. The molecule has 2 atom stereocenters. The van der Waals surface area contributed by atoms with Gasteiger partial charge in [-0.3, -0.25) is 19.3 Å². The summed E-state index contributed by atoms with van der Waals surface area (Å²) in [4.78, 5) is 77.2. The van der Waals surface area contributed by atoms with Gasteiger partial charge in [-0.1, -0.05) is 16.8 Å². The number of carbonyl (C=O) groups excluding carboxylic acids is 3. The molecule has 3 fully saturated rings. The number of rotatable bonds is 12. The number of hydrogen-bond acceptors (Lipinski definition) is 13. The van der Waals surface area contributed by atoms with Gasteiger partial charge in [0.15, 0.2) is 28.1 Å². The van der Waals surface area contributed by atoms with Crippen LogP contribution in [0.25, 0.3) is 0 Å². The number of carboxylic acid groups (broad SMARTS) is 2. The van der Waals surface area contributed by atoms with Crippen molar-refractivity contribution in [1.82, 2.24) is 14.8 Å². The fraction of sp³-hybridized carbons (Fsp3) is 0.500. The zero-order valence-corrected chi connectivity index (χ0v) is 31.4. The number of phenolic OH excluding ortho intramolecular Hbond substituents is 2. The number of phenols is 2. The molecule has 6 rings (SSSR count). The van der Waals surface area contributed by atoms with Crippen LogP contribution in [0.1, 0.15) is 62.0 Å². The number of anilines is 1. The number of thioether (sulfide) groups is 1. The molecule has 1 aromatic carbocycles. The summed E-state index contributed by atoms with van der Waals surface area (Å²) >= 11 is 8.61. The number of hydrogen-bond donors (Lipinski definition) is 5. The van der Waals surface area contributed by atoms with Gasteiger partial charge in [-0.2, -0.15) is 0 Å². The van der Waals surface area contributed by atoms with Crippen molar-refractivity contribution in [3.05, 3.63) is 45.1 Å². The minimum Gasteiger partial charge on any atom is -0.504 e. The van der Waals surface area contributed by atoms with Crippen LogP contribution < -0.4 is 5.73 Å². The highest BCUT2D eigenvalue weighted by atomic mass is 35.5. The Labute approximate surface area is 317 Å². The van der Waals surface area contributed by atoms with Gasteiger partial charge in [0.1, 0.15) is 17.9 Å². The predicted octanol–water partition coefficient (Wildman–Crippen LogP) is 3.12. The second-order valence-corrected chi connectivity index (χ2v) is 16.5. The highest BCUT2D eigenvalue weighted by molar-refractivity contribution is 8.00. The van der Waals surface area contributed by atoms with Crippen molar-refractivity contribution in [3.8, 4) is 11.5 Å². The summed E-state index contributed by atoms with van der Waals surface area (Å²) in [6.45, 7) is 5.49. The third kappa shape index (κ3) is 7.28. The average molecular weight is 792 g/mol. The van der Waals surface area contributed by atoms with Gasteiger partial charge >= 0.3 is 11.9 Å². The number of piperidine rings is 1. The number of nitrogen functional groups attached to an aromatic ring is 1. The monoisotopic (exact) mass is 791 g/mol. The molecule has 0 bridgehead atoms. The van der Waals surface area contributed by atoms with Crippen LogP contribution in [-0.2, 0) is 24.0 Å². The average Bonchev–Trinajstić information content (AvgIpc) is 3.78. The molecule has 2 aromatic rings. The van der Waals surface area contributed by atoms with Gasteiger partial charge < -0.3 is 40.4 Å². The Balaban J connectivity index is 1.17. The van der Waals surface area contributed by atoms with Crippen molar-refractivity contribution < 1.29 is 53.7 Å². The number of benzene rings is 1. The Hall–Kier alpha value is -4.39. The lowest BCUT2D eigenvalue weighted by atomic mass is 9.89. The molecular weight excluding hydrogens is 752 g/mol. The normalized spacial score (nSPS) is 22.0. The Morgan fingerprint density at radius 1 is 1.13 bits per heavy atom. The molecule has 0 radical (unpaired) electrons. The van der Waals surface area contributed by atoms with Crippen LogP contribution in [0, 0.1) is 5.92 Å². The molecule has 0 spiro atoms. The van der Waals surface area contributed by atoms with Crippen LogP contribution in [0.3, 0.4) is 0 Å². The van der Waals surface area contributed by atoms with E-state index in [-0.39, 0.29) is 51.2 Å². The van der Waals surface area contributed by atoms with Crippen LogP contribution in [0.5, 0.6) is 11.5 Å². The lowest BCUT2D eigenvalue weighted by Gasteiger charge is -2.51. The first-order chi connectivity index (χ1) is 25.0. The Bertz CT molecular complexity index is 1920. The molecular formula is C34H40ClN6O10S2+. The molecule has 53 heavy (non-hydrogen) atoms. The van der Waals surface area contributed by atoms with E-state index in [4.69, 9.17) is 22.2 Å². The number of likely N-dealkylation sites (tertiary alicyclic amines) is 2. The molecule has 1 aromatic heterocycles. The quantitative estimate of drug-likeness (QED) is 0.0685. The second-order valence-electron chi connectivity index (χ2n) is 14.2. The number of fused-ring (bicyclic) bond motifs is 1. The number of halogens is 1. The fourth-order valence-corrected chi connectivity index (χ4v) is 9.77. The minimum absolute atomic E-state index is 0.0612. The molecule has 0 aliphatic carbocycles. The van der Waals surface area contributed by atoms with Crippen molar-refractivity contribution >= 4 is 75.1 Å². The maximum absolute atomic E-state index is 13.7. The van der Waals surface area contributed by atoms with Crippen molar-refractivity contribution in [2.75, 3.05) is 44.2 Å². The Morgan fingerprint density at radius 3 is 2.42 bits per heavy atom. The lowest BCUT2D eigenvalue weighted by Crippen LogP contribution is -2.63. The van der Waals surface area contributed by atoms with E-state index in [1.54, 1.807) is 4.90 Å². The van der Waals surface area contributed by atoms with E-state index >= 15 is 0 Å². The van der Waals surface area contributed by atoms with Gasteiger partial charge in [-0.15, -0.1) is 23.1 Å². The number of β-lactam (4-membered cyclic amide) rings is 1. The third-order valence-corrected chi connectivity index (χ3v) is 12.9. The second kappa shape index (κ2) is 14.8. The molecule has 284 valence electrons. The van der Waals surface area contributed by atoms with Crippen molar-refractivity contribution in [3.63, 3.8) is 0 Å². The van der Waals surface area contributed by atoms with Crippen LogP contribution >= 0.6 is 34.7 Å². The van der Waals surface area contributed by atoms with Crippen molar-refractivity contribution in [2.24, 2.45) is 11.1 Å². The van der Waals surface area contributed by atoms with Gasteiger partial charge in [0.05, 0.1) is 41.0 Å². The van der Waals surface area contributed by atoms with Gasteiger partial charge in [0.25, 0.3) is 5.91 Å². The smallest absolute Gasteiger partial charge is 0.352 e. The number of carboxylic acids is 2. The number of oxime groups is 1. The van der Waals surface area contributed by atoms with Crippen LogP contribution in [0.15, 0.2) is 33.9 Å². The maximum atomic E-state index is 13.7. The highest BCUT2D eigenvalue weighted by Gasteiger charge is 2.55. The number of nitrogens with zero attached hydrogens (tertiary/aromatic N) is 5.